The Morgan fingerprint density at radius 2 is 1.33 bits per heavy atom. The molecule has 0 rings (SSSR count). The van der Waals surface area contributed by atoms with Crippen LogP contribution in [0.1, 0.15) is 97.8 Å². The largest absolute Gasteiger partial charge is 0.0883 e. The van der Waals surface area contributed by atoms with Crippen molar-refractivity contribution in [3.63, 3.8) is 0 Å². The molecule has 1 atom stereocenters. The highest BCUT2D eigenvalue weighted by molar-refractivity contribution is 4.88. The van der Waals surface area contributed by atoms with Gasteiger partial charge in [-0.2, -0.15) is 0 Å². The molecule has 0 N–H and O–H groups in total. The van der Waals surface area contributed by atoms with Gasteiger partial charge in [-0.1, -0.05) is 84.3 Å². The van der Waals surface area contributed by atoms with Crippen molar-refractivity contribution in [2.75, 3.05) is 0 Å². The molecule has 0 bridgehead atoms. The van der Waals surface area contributed by atoms with Crippen LogP contribution in [-0.4, -0.2) is 0 Å². The SMILES string of the molecule is CCCCCC=CC(CCC)CCCCCCC. The van der Waals surface area contributed by atoms with Crippen molar-refractivity contribution >= 4 is 0 Å². The Kier molecular flexibility index (Phi) is 14.6. The monoisotopic (exact) mass is 252 g/mol. The first-order chi connectivity index (χ1) is 8.85. The number of hydrogen-bond acceptors (Lipinski definition) is 0. The lowest BCUT2D eigenvalue weighted by molar-refractivity contribution is 0.491. The Labute approximate surface area is 116 Å². The van der Waals surface area contributed by atoms with Crippen molar-refractivity contribution < 1.29 is 0 Å². The Morgan fingerprint density at radius 1 is 0.667 bits per heavy atom. The molecule has 0 aromatic heterocycles. The zero-order chi connectivity index (χ0) is 13.5. The van der Waals surface area contributed by atoms with Crippen LogP contribution in [0.25, 0.3) is 0 Å². The summed E-state index contributed by atoms with van der Waals surface area (Å²) in [6.45, 7) is 6.88. The summed E-state index contributed by atoms with van der Waals surface area (Å²) in [6.07, 6.45) is 21.6. The second-order valence-corrected chi connectivity index (χ2v) is 5.68. The second kappa shape index (κ2) is 14.8. The minimum atomic E-state index is 0.859. The van der Waals surface area contributed by atoms with Crippen LogP contribution in [-0.2, 0) is 0 Å². The maximum absolute atomic E-state index is 2.51. The van der Waals surface area contributed by atoms with E-state index in [-0.39, 0.29) is 0 Å². The summed E-state index contributed by atoms with van der Waals surface area (Å²) in [4.78, 5) is 0. The highest BCUT2D eigenvalue weighted by atomic mass is 14.1. The predicted octanol–water partition coefficient (Wildman–Crippen LogP) is 6.90. The zero-order valence-electron chi connectivity index (χ0n) is 13.2. The van der Waals surface area contributed by atoms with Crippen LogP contribution in [0.5, 0.6) is 0 Å². The third-order valence-corrected chi connectivity index (χ3v) is 3.72. The molecule has 0 heteroatoms. The van der Waals surface area contributed by atoms with E-state index in [4.69, 9.17) is 0 Å². The van der Waals surface area contributed by atoms with Crippen LogP contribution in [0.3, 0.4) is 0 Å². The van der Waals surface area contributed by atoms with Gasteiger partial charge < -0.3 is 0 Å². The fourth-order valence-corrected chi connectivity index (χ4v) is 2.52. The molecule has 0 saturated carbocycles. The van der Waals surface area contributed by atoms with E-state index in [0.29, 0.717) is 0 Å². The average molecular weight is 252 g/mol. The molecule has 0 aromatic rings. The first-order valence-corrected chi connectivity index (χ1v) is 8.51. The molecular weight excluding hydrogens is 216 g/mol. The Balaban J connectivity index is 3.63. The summed E-state index contributed by atoms with van der Waals surface area (Å²) < 4.78 is 0. The second-order valence-electron chi connectivity index (χ2n) is 5.68. The van der Waals surface area contributed by atoms with Gasteiger partial charge in [0.15, 0.2) is 0 Å². The Morgan fingerprint density at radius 3 is 2.00 bits per heavy atom. The molecule has 0 radical (unpaired) electrons. The molecule has 108 valence electrons. The van der Waals surface area contributed by atoms with Gasteiger partial charge in [-0.05, 0) is 31.6 Å². The molecular formula is C18H36. The third kappa shape index (κ3) is 12.2. The van der Waals surface area contributed by atoms with E-state index >= 15 is 0 Å². The summed E-state index contributed by atoms with van der Waals surface area (Å²) in [5.41, 5.74) is 0. The van der Waals surface area contributed by atoms with Gasteiger partial charge in [0, 0.05) is 0 Å². The van der Waals surface area contributed by atoms with E-state index in [0.717, 1.165) is 5.92 Å². The molecule has 0 aliphatic carbocycles. The fourth-order valence-electron chi connectivity index (χ4n) is 2.52. The third-order valence-electron chi connectivity index (χ3n) is 3.72. The van der Waals surface area contributed by atoms with Gasteiger partial charge in [0.25, 0.3) is 0 Å². The standard InChI is InChI=1S/C18H36/c1-4-7-9-11-13-16-18(15-6-3)17-14-12-10-8-5-2/h13,16,18H,4-12,14-15,17H2,1-3H3. The summed E-state index contributed by atoms with van der Waals surface area (Å²) in [6, 6.07) is 0. The van der Waals surface area contributed by atoms with E-state index in [1.54, 1.807) is 0 Å². The van der Waals surface area contributed by atoms with Gasteiger partial charge in [0.1, 0.15) is 0 Å². The minimum absolute atomic E-state index is 0.859. The maximum atomic E-state index is 2.51. The molecule has 0 heterocycles. The fraction of sp³-hybridized carbons (Fsp3) is 0.889. The van der Waals surface area contributed by atoms with E-state index in [1.165, 1.54) is 77.0 Å². The molecule has 0 nitrogen and oxygen atoms in total. The van der Waals surface area contributed by atoms with Crippen LogP contribution in [0, 0.1) is 5.92 Å². The van der Waals surface area contributed by atoms with Gasteiger partial charge in [-0.15, -0.1) is 0 Å². The normalized spacial score (nSPS) is 13.3. The van der Waals surface area contributed by atoms with E-state index in [1.807, 2.05) is 0 Å². The summed E-state index contributed by atoms with van der Waals surface area (Å²) in [7, 11) is 0. The first-order valence-electron chi connectivity index (χ1n) is 8.51. The van der Waals surface area contributed by atoms with Gasteiger partial charge in [0.2, 0.25) is 0 Å². The van der Waals surface area contributed by atoms with Gasteiger partial charge in [-0.25, -0.2) is 0 Å². The van der Waals surface area contributed by atoms with Gasteiger partial charge >= 0.3 is 0 Å². The Hall–Kier alpha value is -0.260. The van der Waals surface area contributed by atoms with E-state index in [9.17, 15) is 0 Å². The van der Waals surface area contributed by atoms with Crippen LogP contribution in [0.15, 0.2) is 12.2 Å². The average Bonchev–Trinajstić information content (AvgIpc) is 2.38. The van der Waals surface area contributed by atoms with Crippen LogP contribution in [0.2, 0.25) is 0 Å². The highest BCUT2D eigenvalue weighted by Crippen LogP contribution is 2.18. The smallest absolute Gasteiger partial charge is 0.0234 e. The van der Waals surface area contributed by atoms with Crippen molar-refractivity contribution in [1.29, 1.82) is 0 Å². The lowest BCUT2D eigenvalue weighted by Crippen LogP contribution is -1.96. The molecule has 0 aliphatic rings. The minimum Gasteiger partial charge on any atom is -0.0883 e. The molecule has 1 unspecified atom stereocenters. The molecule has 0 saturated heterocycles. The number of allylic oxidation sites excluding steroid dienone is 2. The first kappa shape index (κ1) is 17.7. The predicted molar refractivity (Wildman–Crippen MR) is 85.1 cm³/mol. The Bertz CT molecular complexity index is 169. The van der Waals surface area contributed by atoms with Crippen LogP contribution >= 0.6 is 0 Å². The van der Waals surface area contributed by atoms with Crippen molar-refractivity contribution in [2.45, 2.75) is 97.8 Å². The van der Waals surface area contributed by atoms with Crippen molar-refractivity contribution in [3.05, 3.63) is 12.2 Å². The molecule has 18 heavy (non-hydrogen) atoms. The summed E-state index contributed by atoms with van der Waals surface area (Å²) >= 11 is 0. The molecule has 0 spiro atoms. The number of rotatable bonds is 13. The summed E-state index contributed by atoms with van der Waals surface area (Å²) in [5.74, 6) is 0.859. The van der Waals surface area contributed by atoms with Crippen molar-refractivity contribution in [1.82, 2.24) is 0 Å². The lowest BCUT2D eigenvalue weighted by Gasteiger charge is -2.11. The number of unbranched alkanes of at least 4 members (excludes halogenated alkanes) is 7. The van der Waals surface area contributed by atoms with Crippen molar-refractivity contribution in [3.8, 4) is 0 Å². The lowest BCUT2D eigenvalue weighted by atomic mass is 9.95. The topological polar surface area (TPSA) is 0 Å². The molecule has 0 aromatic carbocycles. The van der Waals surface area contributed by atoms with Crippen LogP contribution < -0.4 is 0 Å². The molecule has 0 fully saturated rings. The molecule has 0 aliphatic heterocycles. The summed E-state index contributed by atoms with van der Waals surface area (Å²) in [5, 5.41) is 0. The van der Waals surface area contributed by atoms with Gasteiger partial charge in [0.05, 0.1) is 0 Å². The maximum Gasteiger partial charge on any atom is -0.0234 e. The van der Waals surface area contributed by atoms with E-state index in [2.05, 4.69) is 32.9 Å². The van der Waals surface area contributed by atoms with Crippen LogP contribution in [0.4, 0.5) is 0 Å². The van der Waals surface area contributed by atoms with E-state index < -0.39 is 0 Å². The number of hydrogen-bond donors (Lipinski definition) is 0. The zero-order valence-corrected chi connectivity index (χ0v) is 13.2. The quantitative estimate of drug-likeness (QED) is 0.247. The van der Waals surface area contributed by atoms with Crippen molar-refractivity contribution in [2.24, 2.45) is 5.92 Å². The highest BCUT2D eigenvalue weighted by Gasteiger charge is 2.02. The van der Waals surface area contributed by atoms with Gasteiger partial charge in [-0.3, -0.25) is 0 Å². The molecule has 0 amide bonds.